The molecule has 0 bridgehead atoms. The average Bonchev–Trinajstić information content (AvgIpc) is 2.48. The van der Waals surface area contributed by atoms with Crippen molar-refractivity contribution in [2.75, 3.05) is 19.8 Å². The summed E-state index contributed by atoms with van der Waals surface area (Å²) < 4.78 is 15.8. The van der Waals surface area contributed by atoms with Crippen LogP contribution in [0.3, 0.4) is 0 Å². The van der Waals surface area contributed by atoms with Crippen molar-refractivity contribution in [1.82, 2.24) is 15.0 Å². The molecule has 1 aromatic rings. The Morgan fingerprint density at radius 3 is 1.14 bits per heavy atom. The minimum atomic E-state index is 0.0756. The van der Waals surface area contributed by atoms with Crippen molar-refractivity contribution >= 4 is 0 Å². The standard InChI is InChI=1S/C15H15N3O3/c1-4-7-10-19-13-16-14(20-11-8-5-2)18-15(17-13)21-12-9-6-3/h10-12H2,1-3H3. The first-order valence-corrected chi connectivity index (χ1v) is 6.13. The van der Waals surface area contributed by atoms with Gasteiger partial charge in [0.05, 0.1) is 0 Å². The van der Waals surface area contributed by atoms with Gasteiger partial charge < -0.3 is 14.2 Å². The van der Waals surface area contributed by atoms with E-state index in [9.17, 15) is 0 Å². The summed E-state index contributed by atoms with van der Waals surface area (Å²) >= 11 is 0. The highest BCUT2D eigenvalue weighted by Gasteiger charge is 2.09. The number of nitrogens with zero attached hydrogens (tertiary/aromatic N) is 3. The van der Waals surface area contributed by atoms with Gasteiger partial charge >= 0.3 is 18.0 Å². The first kappa shape index (κ1) is 16.1. The third-order valence-corrected chi connectivity index (χ3v) is 1.92. The van der Waals surface area contributed by atoms with Gasteiger partial charge in [0.1, 0.15) is 0 Å². The highest BCUT2D eigenvalue weighted by molar-refractivity contribution is 5.11. The second-order valence-corrected chi connectivity index (χ2v) is 3.33. The Kier molecular flexibility index (Phi) is 7.65. The molecule has 0 fully saturated rings. The third kappa shape index (κ3) is 6.71. The molecule has 0 aromatic carbocycles. The molecule has 0 aliphatic heterocycles. The van der Waals surface area contributed by atoms with E-state index >= 15 is 0 Å². The lowest BCUT2D eigenvalue weighted by atomic mass is 10.6. The van der Waals surface area contributed by atoms with Crippen LogP contribution < -0.4 is 14.2 Å². The van der Waals surface area contributed by atoms with Crippen molar-refractivity contribution in [3.8, 4) is 53.6 Å². The Morgan fingerprint density at radius 2 is 0.905 bits per heavy atom. The third-order valence-electron chi connectivity index (χ3n) is 1.92. The zero-order valence-electron chi connectivity index (χ0n) is 12.2. The molecule has 0 unspecified atom stereocenters. The Balaban J connectivity index is 2.83. The van der Waals surface area contributed by atoms with Gasteiger partial charge in [0.2, 0.25) is 0 Å². The molecule has 0 aliphatic carbocycles. The Morgan fingerprint density at radius 1 is 0.619 bits per heavy atom. The van der Waals surface area contributed by atoms with Gasteiger partial charge in [0.15, 0.2) is 19.8 Å². The van der Waals surface area contributed by atoms with Crippen LogP contribution in [0.4, 0.5) is 0 Å². The maximum atomic E-state index is 5.27. The summed E-state index contributed by atoms with van der Waals surface area (Å²) in [6.45, 7) is 5.65. The summed E-state index contributed by atoms with van der Waals surface area (Å²) in [7, 11) is 0. The van der Waals surface area contributed by atoms with Gasteiger partial charge in [-0.15, -0.1) is 32.7 Å². The molecule has 0 radical (unpaired) electrons. The first-order chi connectivity index (χ1) is 10.3. The predicted octanol–water partition coefficient (Wildman–Crippen LogP) is 1.08. The van der Waals surface area contributed by atoms with Gasteiger partial charge in [-0.25, -0.2) is 0 Å². The maximum absolute atomic E-state index is 5.27. The van der Waals surface area contributed by atoms with E-state index in [1.165, 1.54) is 0 Å². The molecule has 1 rings (SSSR count). The highest BCUT2D eigenvalue weighted by Crippen LogP contribution is 2.14. The summed E-state index contributed by atoms with van der Waals surface area (Å²) in [6.07, 6.45) is 0. The van der Waals surface area contributed by atoms with Crippen LogP contribution in [0.1, 0.15) is 20.8 Å². The van der Waals surface area contributed by atoms with Crippen molar-refractivity contribution in [2.45, 2.75) is 20.8 Å². The first-order valence-electron chi connectivity index (χ1n) is 6.13. The Labute approximate surface area is 124 Å². The summed E-state index contributed by atoms with van der Waals surface area (Å²) in [5.41, 5.74) is 0. The molecule has 0 amide bonds. The van der Waals surface area contributed by atoms with Crippen molar-refractivity contribution in [3.63, 3.8) is 0 Å². The minimum Gasteiger partial charge on any atom is -0.450 e. The smallest absolute Gasteiger partial charge is 0.326 e. The molecule has 6 nitrogen and oxygen atoms in total. The van der Waals surface area contributed by atoms with Gasteiger partial charge in [-0.05, 0) is 20.8 Å². The molecule has 0 spiro atoms. The van der Waals surface area contributed by atoms with Gasteiger partial charge in [0, 0.05) is 0 Å². The monoisotopic (exact) mass is 285 g/mol. The van der Waals surface area contributed by atoms with Gasteiger partial charge in [-0.2, -0.15) is 0 Å². The number of aromatic nitrogens is 3. The minimum absolute atomic E-state index is 0.0756. The molecule has 0 saturated carbocycles. The van der Waals surface area contributed by atoms with Gasteiger partial charge in [-0.1, -0.05) is 17.8 Å². The normalized spacial score (nSPS) is 8.14. The molecule has 0 aliphatic rings. The van der Waals surface area contributed by atoms with Crippen LogP contribution in [0.5, 0.6) is 18.0 Å². The molecular formula is C15H15N3O3. The molecule has 6 heteroatoms. The molecule has 1 aromatic heterocycles. The van der Waals surface area contributed by atoms with Crippen LogP contribution >= 0.6 is 0 Å². The van der Waals surface area contributed by atoms with E-state index in [0.29, 0.717) is 0 Å². The van der Waals surface area contributed by atoms with Crippen LogP contribution in [0.25, 0.3) is 0 Å². The van der Waals surface area contributed by atoms with Crippen molar-refractivity contribution in [1.29, 1.82) is 0 Å². The van der Waals surface area contributed by atoms with Crippen molar-refractivity contribution in [3.05, 3.63) is 0 Å². The summed E-state index contributed by atoms with van der Waals surface area (Å²) in [5, 5.41) is 0. The van der Waals surface area contributed by atoms with Crippen LogP contribution in [0.15, 0.2) is 0 Å². The van der Waals surface area contributed by atoms with E-state index in [0.717, 1.165) is 0 Å². The highest BCUT2D eigenvalue weighted by atomic mass is 16.5. The van der Waals surface area contributed by atoms with E-state index in [2.05, 4.69) is 50.5 Å². The fourth-order valence-corrected chi connectivity index (χ4v) is 1.03. The predicted molar refractivity (Wildman–Crippen MR) is 76.7 cm³/mol. The van der Waals surface area contributed by atoms with Gasteiger partial charge in [0.25, 0.3) is 0 Å². The van der Waals surface area contributed by atoms with Crippen LogP contribution in [0, 0.1) is 35.5 Å². The lowest BCUT2D eigenvalue weighted by Crippen LogP contribution is -2.08. The molecule has 1 heterocycles. The SMILES string of the molecule is CC#CCOc1nc(OCC#CC)nc(OCC#CC)n1. The molecule has 0 N–H and O–H groups in total. The number of rotatable bonds is 6. The summed E-state index contributed by atoms with van der Waals surface area (Å²) in [4.78, 5) is 12.0. The van der Waals surface area contributed by atoms with E-state index in [4.69, 9.17) is 14.2 Å². The largest absolute Gasteiger partial charge is 0.450 e. The quantitative estimate of drug-likeness (QED) is 0.729. The Hall–Kier alpha value is -2.91. The van der Waals surface area contributed by atoms with E-state index < -0.39 is 0 Å². The second kappa shape index (κ2) is 9.95. The van der Waals surface area contributed by atoms with Crippen LogP contribution in [-0.4, -0.2) is 34.8 Å². The van der Waals surface area contributed by atoms with Crippen LogP contribution in [0.2, 0.25) is 0 Å². The molecular weight excluding hydrogens is 270 g/mol. The van der Waals surface area contributed by atoms with E-state index in [1.54, 1.807) is 20.8 Å². The summed E-state index contributed by atoms with van der Waals surface area (Å²) in [6, 6.07) is 0.227. The Bertz CT molecular complexity index is 537. The van der Waals surface area contributed by atoms with E-state index in [-0.39, 0.29) is 37.9 Å². The fraction of sp³-hybridized carbons (Fsp3) is 0.400. The molecule has 0 atom stereocenters. The number of hydrogen-bond donors (Lipinski definition) is 0. The van der Waals surface area contributed by atoms with Crippen molar-refractivity contribution in [2.24, 2.45) is 0 Å². The molecule has 108 valence electrons. The zero-order chi connectivity index (χ0) is 15.3. The average molecular weight is 285 g/mol. The number of ether oxygens (including phenoxy) is 3. The lowest BCUT2D eigenvalue weighted by Gasteiger charge is -2.06. The van der Waals surface area contributed by atoms with Crippen molar-refractivity contribution < 1.29 is 14.2 Å². The fourth-order valence-electron chi connectivity index (χ4n) is 1.03. The molecule has 21 heavy (non-hydrogen) atoms. The summed E-state index contributed by atoms with van der Waals surface area (Å²) in [5.74, 6) is 16.3. The lowest BCUT2D eigenvalue weighted by molar-refractivity contribution is 0.273. The topological polar surface area (TPSA) is 66.4 Å². The van der Waals surface area contributed by atoms with E-state index in [1.807, 2.05) is 0 Å². The number of hydrogen-bond acceptors (Lipinski definition) is 6. The molecule has 0 saturated heterocycles. The second-order valence-electron chi connectivity index (χ2n) is 3.33. The maximum Gasteiger partial charge on any atom is 0.326 e. The zero-order valence-corrected chi connectivity index (χ0v) is 12.2. The van der Waals surface area contributed by atoms with Gasteiger partial charge in [-0.3, -0.25) is 0 Å². The van der Waals surface area contributed by atoms with Crippen LogP contribution in [-0.2, 0) is 0 Å².